The molecule has 7 heteroatoms. The lowest BCUT2D eigenvalue weighted by molar-refractivity contribution is 0.123. The summed E-state index contributed by atoms with van der Waals surface area (Å²) in [5, 5.41) is 11.1. The van der Waals surface area contributed by atoms with E-state index in [-0.39, 0.29) is 0 Å². The highest BCUT2D eigenvalue weighted by Crippen LogP contribution is 2.17. The molecule has 0 aliphatic carbocycles. The Hall–Kier alpha value is -2.54. The fourth-order valence-electron chi connectivity index (χ4n) is 2.90. The molecule has 2 aromatic rings. The van der Waals surface area contributed by atoms with Crippen LogP contribution >= 0.6 is 0 Å². The van der Waals surface area contributed by atoms with Crippen molar-refractivity contribution in [1.29, 1.82) is 0 Å². The number of hydrogen-bond acceptors (Lipinski definition) is 4. The summed E-state index contributed by atoms with van der Waals surface area (Å²) in [6, 6.07) is 10.00. The van der Waals surface area contributed by atoms with Gasteiger partial charge in [0.25, 0.3) is 0 Å². The van der Waals surface area contributed by atoms with Crippen LogP contribution in [0, 0.1) is 13.8 Å². The minimum atomic E-state index is 0.530. The van der Waals surface area contributed by atoms with Crippen molar-refractivity contribution in [3.8, 4) is 5.75 Å². The molecule has 0 radical (unpaired) electrons. The maximum absolute atomic E-state index is 5.75. The van der Waals surface area contributed by atoms with E-state index in [2.05, 4.69) is 40.6 Å². The van der Waals surface area contributed by atoms with Gasteiger partial charge >= 0.3 is 0 Å². The zero-order chi connectivity index (χ0) is 20.2. The first kappa shape index (κ1) is 21.8. The van der Waals surface area contributed by atoms with Crippen LogP contribution in [0.5, 0.6) is 5.75 Å². The number of aliphatic imine (C=N–C) groups is 1. The topological polar surface area (TPSA) is 72.7 Å². The van der Waals surface area contributed by atoms with Crippen LogP contribution in [0.2, 0.25) is 0 Å². The van der Waals surface area contributed by atoms with Crippen LogP contribution in [-0.2, 0) is 17.9 Å². The Balaban J connectivity index is 1.68. The second-order valence-corrected chi connectivity index (χ2v) is 6.56. The Labute approximate surface area is 168 Å². The van der Waals surface area contributed by atoms with Crippen LogP contribution < -0.4 is 15.4 Å². The standard InChI is InChI=1S/C21H33N5O2/c1-5-22-21(23-11-8-13-26-18(3)15-17(2)25-26)24-12-14-28-16-19-9-6-7-10-20(19)27-4/h6-7,9-10,15H,5,8,11-14,16H2,1-4H3,(H2,22,23,24). The molecule has 0 amide bonds. The van der Waals surface area contributed by atoms with Crippen LogP contribution in [-0.4, -0.2) is 49.1 Å². The molecular formula is C21H33N5O2. The van der Waals surface area contributed by atoms with E-state index in [4.69, 9.17) is 9.47 Å². The molecule has 0 bridgehead atoms. The zero-order valence-corrected chi connectivity index (χ0v) is 17.5. The normalized spacial score (nSPS) is 11.5. The first-order valence-corrected chi connectivity index (χ1v) is 9.87. The van der Waals surface area contributed by atoms with Gasteiger partial charge in [-0.2, -0.15) is 5.10 Å². The highest BCUT2D eigenvalue weighted by atomic mass is 16.5. The molecule has 28 heavy (non-hydrogen) atoms. The minimum absolute atomic E-state index is 0.530. The predicted molar refractivity (Wildman–Crippen MR) is 113 cm³/mol. The number of guanidine groups is 1. The number of aryl methyl sites for hydroxylation is 3. The van der Waals surface area contributed by atoms with Crippen LogP contribution in [0.15, 0.2) is 35.3 Å². The number of rotatable bonds is 11. The summed E-state index contributed by atoms with van der Waals surface area (Å²) in [4.78, 5) is 4.63. The van der Waals surface area contributed by atoms with Gasteiger partial charge in [0.1, 0.15) is 5.75 Å². The second-order valence-electron chi connectivity index (χ2n) is 6.56. The van der Waals surface area contributed by atoms with Crippen molar-refractivity contribution in [2.75, 3.05) is 33.4 Å². The number of aromatic nitrogens is 2. The Bertz CT molecular complexity index is 742. The molecule has 154 valence electrons. The number of methoxy groups -OCH3 is 1. The monoisotopic (exact) mass is 387 g/mol. The number of nitrogens with one attached hydrogen (secondary N) is 2. The fraction of sp³-hybridized carbons (Fsp3) is 0.524. The van der Waals surface area contributed by atoms with Crippen molar-refractivity contribution in [2.45, 2.75) is 40.3 Å². The predicted octanol–water partition coefficient (Wildman–Crippen LogP) is 2.67. The van der Waals surface area contributed by atoms with E-state index < -0.39 is 0 Å². The molecule has 1 aromatic heterocycles. The van der Waals surface area contributed by atoms with E-state index in [1.807, 2.05) is 35.9 Å². The molecule has 1 heterocycles. The maximum atomic E-state index is 5.75. The van der Waals surface area contributed by atoms with Crippen molar-refractivity contribution >= 4 is 5.96 Å². The summed E-state index contributed by atoms with van der Waals surface area (Å²) >= 11 is 0. The molecule has 0 aliphatic heterocycles. The van der Waals surface area contributed by atoms with Crippen LogP contribution in [0.1, 0.15) is 30.3 Å². The number of benzene rings is 1. The quantitative estimate of drug-likeness (QED) is 0.352. The maximum Gasteiger partial charge on any atom is 0.191 e. The van der Waals surface area contributed by atoms with Crippen molar-refractivity contribution in [1.82, 2.24) is 20.4 Å². The third-order valence-electron chi connectivity index (χ3n) is 4.23. The number of nitrogens with zero attached hydrogens (tertiary/aromatic N) is 3. The molecule has 7 nitrogen and oxygen atoms in total. The molecule has 2 N–H and O–H groups in total. The Morgan fingerprint density at radius 1 is 1.21 bits per heavy atom. The number of ether oxygens (including phenoxy) is 2. The van der Waals surface area contributed by atoms with E-state index in [1.54, 1.807) is 7.11 Å². The molecule has 0 spiro atoms. The highest BCUT2D eigenvalue weighted by Gasteiger charge is 2.03. The lowest BCUT2D eigenvalue weighted by Crippen LogP contribution is -2.39. The molecular weight excluding hydrogens is 354 g/mol. The van der Waals surface area contributed by atoms with Gasteiger partial charge in [0.15, 0.2) is 5.96 Å². The highest BCUT2D eigenvalue weighted by molar-refractivity contribution is 5.79. The molecule has 0 unspecified atom stereocenters. The van der Waals surface area contributed by atoms with E-state index in [0.29, 0.717) is 19.8 Å². The molecule has 0 atom stereocenters. The van der Waals surface area contributed by atoms with Crippen molar-refractivity contribution in [2.24, 2.45) is 4.99 Å². The molecule has 0 saturated heterocycles. The Morgan fingerprint density at radius 2 is 2.04 bits per heavy atom. The minimum Gasteiger partial charge on any atom is -0.496 e. The van der Waals surface area contributed by atoms with Crippen molar-refractivity contribution in [3.05, 3.63) is 47.3 Å². The first-order valence-electron chi connectivity index (χ1n) is 9.87. The van der Waals surface area contributed by atoms with E-state index >= 15 is 0 Å². The van der Waals surface area contributed by atoms with Gasteiger partial charge < -0.3 is 20.1 Å². The SMILES string of the molecule is CCNC(=NCCCn1nc(C)cc1C)NCCOCc1ccccc1OC. The summed E-state index contributed by atoms with van der Waals surface area (Å²) in [6.07, 6.45) is 0.947. The van der Waals surface area contributed by atoms with Gasteiger partial charge in [-0.25, -0.2) is 0 Å². The lowest BCUT2D eigenvalue weighted by atomic mass is 10.2. The van der Waals surface area contributed by atoms with Gasteiger partial charge in [-0.1, -0.05) is 18.2 Å². The van der Waals surface area contributed by atoms with Crippen molar-refractivity contribution in [3.63, 3.8) is 0 Å². The Morgan fingerprint density at radius 3 is 2.75 bits per heavy atom. The van der Waals surface area contributed by atoms with Crippen LogP contribution in [0.25, 0.3) is 0 Å². The van der Waals surface area contributed by atoms with E-state index in [9.17, 15) is 0 Å². The van der Waals surface area contributed by atoms with Gasteiger partial charge in [0.2, 0.25) is 0 Å². The second kappa shape index (κ2) is 12.0. The van der Waals surface area contributed by atoms with Gasteiger partial charge in [0.05, 0.1) is 26.0 Å². The van der Waals surface area contributed by atoms with Gasteiger partial charge in [-0.15, -0.1) is 0 Å². The average Bonchev–Trinajstić information content (AvgIpc) is 3.02. The largest absolute Gasteiger partial charge is 0.496 e. The van der Waals surface area contributed by atoms with Gasteiger partial charge in [0, 0.05) is 37.4 Å². The average molecular weight is 388 g/mol. The van der Waals surface area contributed by atoms with Gasteiger partial charge in [-0.3, -0.25) is 9.67 Å². The Kier molecular flexibility index (Phi) is 9.34. The first-order chi connectivity index (χ1) is 13.6. The summed E-state index contributed by atoms with van der Waals surface area (Å²) in [5.41, 5.74) is 3.30. The summed E-state index contributed by atoms with van der Waals surface area (Å²) in [6.45, 7) is 10.4. The molecule has 0 fully saturated rings. The van der Waals surface area contributed by atoms with Crippen molar-refractivity contribution < 1.29 is 9.47 Å². The summed E-state index contributed by atoms with van der Waals surface area (Å²) in [5.74, 6) is 1.67. The van der Waals surface area contributed by atoms with Crippen LogP contribution in [0.3, 0.4) is 0 Å². The van der Waals surface area contributed by atoms with E-state index in [0.717, 1.165) is 49.0 Å². The smallest absolute Gasteiger partial charge is 0.191 e. The van der Waals surface area contributed by atoms with E-state index in [1.165, 1.54) is 5.69 Å². The molecule has 0 aliphatic rings. The summed E-state index contributed by atoms with van der Waals surface area (Å²) < 4.78 is 13.1. The lowest BCUT2D eigenvalue weighted by Gasteiger charge is -2.12. The molecule has 0 saturated carbocycles. The molecule has 1 aromatic carbocycles. The third kappa shape index (κ3) is 7.23. The zero-order valence-electron chi connectivity index (χ0n) is 17.5. The third-order valence-corrected chi connectivity index (χ3v) is 4.23. The van der Waals surface area contributed by atoms with Crippen LogP contribution in [0.4, 0.5) is 0 Å². The summed E-state index contributed by atoms with van der Waals surface area (Å²) in [7, 11) is 1.67. The fourth-order valence-corrected chi connectivity index (χ4v) is 2.90. The molecule has 2 rings (SSSR count). The number of hydrogen-bond donors (Lipinski definition) is 2. The number of para-hydroxylation sites is 1. The van der Waals surface area contributed by atoms with Gasteiger partial charge in [-0.05, 0) is 39.3 Å².